The molecule has 2 amide bonds. The predicted molar refractivity (Wildman–Crippen MR) is 129 cm³/mol. The van der Waals surface area contributed by atoms with Gasteiger partial charge in [-0.3, -0.25) is 9.59 Å². The summed E-state index contributed by atoms with van der Waals surface area (Å²) in [6.45, 7) is 3.78. The highest BCUT2D eigenvalue weighted by atomic mass is 127. The van der Waals surface area contributed by atoms with E-state index in [-0.39, 0.29) is 17.1 Å². The lowest BCUT2D eigenvalue weighted by Crippen LogP contribution is -2.22. The van der Waals surface area contributed by atoms with Crippen LogP contribution in [-0.4, -0.2) is 17.1 Å². The largest absolute Gasteiger partial charge is 0.325 e. The smallest absolute Gasteiger partial charge is 0.255 e. The number of thioether (sulfide) groups is 1. The van der Waals surface area contributed by atoms with Crippen LogP contribution in [0.3, 0.4) is 0 Å². The van der Waals surface area contributed by atoms with E-state index in [0.717, 1.165) is 19.7 Å². The van der Waals surface area contributed by atoms with Crippen molar-refractivity contribution < 1.29 is 9.59 Å². The molecule has 3 aromatic carbocycles. The molecule has 0 aliphatic rings. The number of amides is 2. The summed E-state index contributed by atoms with van der Waals surface area (Å²) in [5.74, 6) is -0.208. The van der Waals surface area contributed by atoms with E-state index in [1.54, 1.807) is 6.07 Å². The van der Waals surface area contributed by atoms with E-state index >= 15 is 0 Å². The number of hydrogen-bond acceptors (Lipinski definition) is 3. The molecule has 0 bridgehead atoms. The maximum absolute atomic E-state index is 12.5. The number of carbonyl (C=O) groups is 2. The fourth-order valence-corrected chi connectivity index (χ4v) is 3.99. The van der Waals surface area contributed by atoms with Gasteiger partial charge in [-0.2, -0.15) is 0 Å². The molecule has 6 heteroatoms. The number of aryl methyl sites for hydroxylation is 1. The van der Waals surface area contributed by atoms with Gasteiger partial charge < -0.3 is 10.6 Å². The van der Waals surface area contributed by atoms with Gasteiger partial charge in [0.15, 0.2) is 0 Å². The number of carbonyl (C=O) groups excluding carboxylic acids is 2. The van der Waals surface area contributed by atoms with E-state index in [1.807, 2.05) is 80.6 Å². The zero-order valence-corrected chi connectivity index (χ0v) is 19.1. The lowest BCUT2D eigenvalue weighted by Gasteiger charge is -2.13. The molecule has 0 radical (unpaired) electrons. The SMILES string of the molecule is Cc1ccccc1C(=O)Nc1cccc(SC(C)C(=O)Nc2ccc(I)cc2)c1. The normalized spacial score (nSPS) is 11.6. The second-order valence-corrected chi connectivity index (χ2v) is 9.21. The van der Waals surface area contributed by atoms with Crippen molar-refractivity contribution in [1.29, 1.82) is 0 Å². The molecule has 0 aliphatic heterocycles. The minimum absolute atomic E-state index is 0.0643. The minimum Gasteiger partial charge on any atom is -0.325 e. The average Bonchev–Trinajstić information content (AvgIpc) is 2.70. The predicted octanol–water partition coefficient (Wildman–Crippen LogP) is 5.97. The number of benzene rings is 3. The number of halogens is 1. The van der Waals surface area contributed by atoms with Gasteiger partial charge in [0, 0.05) is 25.4 Å². The standard InChI is InChI=1S/C23H21IN2O2S/c1-15-6-3-4-9-21(15)23(28)26-19-7-5-8-20(14-19)29-16(2)22(27)25-18-12-10-17(24)11-13-18/h3-14,16H,1-2H3,(H,25,27)(H,26,28). The van der Waals surface area contributed by atoms with Crippen LogP contribution in [0.5, 0.6) is 0 Å². The molecular weight excluding hydrogens is 495 g/mol. The Morgan fingerprint density at radius 2 is 1.62 bits per heavy atom. The van der Waals surface area contributed by atoms with Gasteiger partial charge in [0.05, 0.1) is 5.25 Å². The lowest BCUT2D eigenvalue weighted by atomic mass is 10.1. The fourth-order valence-electron chi connectivity index (χ4n) is 2.71. The molecule has 0 aliphatic carbocycles. The molecule has 3 aromatic rings. The van der Waals surface area contributed by atoms with Crippen molar-refractivity contribution in [2.24, 2.45) is 0 Å². The van der Waals surface area contributed by atoms with Crippen molar-refractivity contribution in [2.75, 3.05) is 10.6 Å². The first-order valence-electron chi connectivity index (χ1n) is 9.12. The number of anilines is 2. The Labute approximate surface area is 188 Å². The maximum Gasteiger partial charge on any atom is 0.255 e. The minimum atomic E-state index is -0.281. The zero-order chi connectivity index (χ0) is 20.8. The molecule has 1 unspecified atom stereocenters. The summed E-state index contributed by atoms with van der Waals surface area (Å²) in [6, 6.07) is 22.7. The second kappa shape index (κ2) is 9.93. The fraction of sp³-hybridized carbons (Fsp3) is 0.130. The summed E-state index contributed by atoms with van der Waals surface area (Å²) >= 11 is 3.68. The Kier molecular flexibility index (Phi) is 7.33. The van der Waals surface area contributed by atoms with Gasteiger partial charge in [-0.25, -0.2) is 0 Å². The molecule has 0 aromatic heterocycles. The third kappa shape index (κ3) is 6.08. The van der Waals surface area contributed by atoms with Crippen molar-refractivity contribution in [2.45, 2.75) is 24.0 Å². The van der Waals surface area contributed by atoms with E-state index in [9.17, 15) is 9.59 Å². The molecule has 3 rings (SSSR count). The van der Waals surface area contributed by atoms with Gasteiger partial charge in [0.2, 0.25) is 5.91 Å². The summed E-state index contributed by atoms with van der Waals surface area (Å²) in [4.78, 5) is 25.9. The molecule has 29 heavy (non-hydrogen) atoms. The van der Waals surface area contributed by atoms with Crippen molar-refractivity contribution in [3.8, 4) is 0 Å². The molecule has 2 N–H and O–H groups in total. The summed E-state index contributed by atoms with van der Waals surface area (Å²) in [5.41, 5.74) is 3.06. The molecule has 148 valence electrons. The Morgan fingerprint density at radius 3 is 2.34 bits per heavy atom. The molecule has 0 fully saturated rings. The first kappa shape index (κ1) is 21.4. The summed E-state index contributed by atoms with van der Waals surface area (Å²) < 4.78 is 1.12. The van der Waals surface area contributed by atoms with Crippen molar-refractivity contribution >= 4 is 57.5 Å². The van der Waals surface area contributed by atoms with Crippen molar-refractivity contribution in [1.82, 2.24) is 0 Å². The van der Waals surface area contributed by atoms with Crippen LogP contribution in [-0.2, 0) is 4.79 Å². The Balaban J connectivity index is 1.63. The Bertz CT molecular complexity index is 1020. The van der Waals surface area contributed by atoms with E-state index in [2.05, 4.69) is 33.2 Å². The Hall–Kier alpha value is -2.32. The van der Waals surface area contributed by atoms with Gasteiger partial charge in [0.25, 0.3) is 5.91 Å². The molecule has 0 heterocycles. The van der Waals surface area contributed by atoms with Crippen molar-refractivity contribution in [3.63, 3.8) is 0 Å². The van der Waals surface area contributed by atoms with Gasteiger partial charge in [-0.1, -0.05) is 24.3 Å². The van der Waals surface area contributed by atoms with Crippen molar-refractivity contribution in [3.05, 3.63) is 87.5 Å². The average molecular weight is 516 g/mol. The van der Waals surface area contributed by atoms with E-state index in [1.165, 1.54) is 11.8 Å². The number of hydrogen-bond donors (Lipinski definition) is 2. The highest BCUT2D eigenvalue weighted by Gasteiger charge is 2.15. The van der Waals surface area contributed by atoms with Gasteiger partial charge in [-0.15, -0.1) is 11.8 Å². The van der Waals surface area contributed by atoms with Gasteiger partial charge in [0.1, 0.15) is 0 Å². The monoisotopic (exact) mass is 516 g/mol. The van der Waals surface area contributed by atoms with Crippen LogP contribution >= 0.6 is 34.4 Å². The first-order chi connectivity index (χ1) is 13.9. The van der Waals surface area contributed by atoms with Gasteiger partial charge >= 0.3 is 0 Å². The summed E-state index contributed by atoms with van der Waals surface area (Å²) in [6.07, 6.45) is 0. The maximum atomic E-state index is 12.5. The highest BCUT2D eigenvalue weighted by Crippen LogP contribution is 2.27. The molecule has 1 atom stereocenters. The molecule has 0 spiro atoms. The topological polar surface area (TPSA) is 58.2 Å². The second-order valence-electron chi connectivity index (χ2n) is 6.55. The molecule has 0 saturated carbocycles. The summed E-state index contributed by atoms with van der Waals surface area (Å²) in [5, 5.41) is 5.58. The van der Waals surface area contributed by atoms with Crippen LogP contribution in [0.15, 0.2) is 77.7 Å². The number of nitrogens with one attached hydrogen (secondary N) is 2. The lowest BCUT2D eigenvalue weighted by molar-refractivity contribution is -0.115. The van der Waals surface area contributed by atoms with Crippen LogP contribution in [0.4, 0.5) is 11.4 Å². The zero-order valence-electron chi connectivity index (χ0n) is 16.1. The van der Waals surface area contributed by atoms with Crippen LogP contribution in [0.2, 0.25) is 0 Å². The third-order valence-electron chi connectivity index (χ3n) is 4.28. The first-order valence-corrected chi connectivity index (χ1v) is 11.1. The Morgan fingerprint density at radius 1 is 0.897 bits per heavy atom. The quantitative estimate of drug-likeness (QED) is 0.314. The van der Waals surface area contributed by atoms with Crippen LogP contribution < -0.4 is 10.6 Å². The molecule has 0 saturated heterocycles. The number of rotatable bonds is 6. The highest BCUT2D eigenvalue weighted by molar-refractivity contribution is 14.1. The van der Waals surface area contributed by atoms with Gasteiger partial charge in [-0.05, 0) is 90.5 Å². The molecular formula is C23H21IN2O2S. The summed E-state index contributed by atoms with van der Waals surface area (Å²) in [7, 11) is 0. The van der Waals surface area contributed by atoms with Crippen LogP contribution in [0.1, 0.15) is 22.8 Å². The van der Waals surface area contributed by atoms with E-state index in [4.69, 9.17) is 0 Å². The van der Waals surface area contributed by atoms with E-state index in [0.29, 0.717) is 11.3 Å². The third-order valence-corrected chi connectivity index (χ3v) is 6.09. The van der Waals surface area contributed by atoms with E-state index < -0.39 is 0 Å². The van der Waals surface area contributed by atoms with Crippen LogP contribution in [0, 0.1) is 10.5 Å². The van der Waals surface area contributed by atoms with Crippen LogP contribution in [0.25, 0.3) is 0 Å². The molecule has 4 nitrogen and oxygen atoms in total.